The summed E-state index contributed by atoms with van der Waals surface area (Å²) >= 11 is 0. The van der Waals surface area contributed by atoms with E-state index in [4.69, 9.17) is 4.74 Å². The lowest BCUT2D eigenvalue weighted by Gasteiger charge is -2.34. The van der Waals surface area contributed by atoms with Gasteiger partial charge in [0, 0.05) is 13.1 Å². The summed E-state index contributed by atoms with van der Waals surface area (Å²) in [7, 11) is 0. The van der Waals surface area contributed by atoms with E-state index in [0.717, 1.165) is 19.7 Å². The molecule has 0 radical (unpaired) electrons. The van der Waals surface area contributed by atoms with Crippen molar-refractivity contribution in [1.82, 2.24) is 5.32 Å². The number of hydrogen-bond donors (Lipinski definition) is 1. The number of nitrogens with one attached hydrogen (secondary N) is 1. The molecule has 90 valence electrons. The molecule has 1 rings (SSSR count). The van der Waals surface area contributed by atoms with Crippen LogP contribution >= 0.6 is 0 Å². The fourth-order valence-electron chi connectivity index (χ4n) is 2.21. The SMILES string of the molecule is CCCCCCCCC1(C)CNCCO1. The van der Waals surface area contributed by atoms with E-state index in [2.05, 4.69) is 19.2 Å². The van der Waals surface area contributed by atoms with E-state index in [1.54, 1.807) is 0 Å². The standard InChI is InChI=1S/C13H27NO/c1-3-4-5-6-7-8-9-13(2)12-14-10-11-15-13/h14H,3-12H2,1-2H3. The highest BCUT2D eigenvalue weighted by atomic mass is 16.5. The van der Waals surface area contributed by atoms with Crippen molar-refractivity contribution in [3.63, 3.8) is 0 Å². The highest BCUT2D eigenvalue weighted by Gasteiger charge is 2.26. The van der Waals surface area contributed by atoms with E-state index in [1.165, 1.54) is 44.9 Å². The van der Waals surface area contributed by atoms with Crippen LogP contribution in [0.25, 0.3) is 0 Å². The van der Waals surface area contributed by atoms with E-state index >= 15 is 0 Å². The Morgan fingerprint density at radius 3 is 2.53 bits per heavy atom. The Kier molecular flexibility index (Phi) is 6.26. The Labute approximate surface area is 94.8 Å². The monoisotopic (exact) mass is 213 g/mol. The Hall–Kier alpha value is -0.0800. The molecule has 1 aliphatic rings. The number of morpholine rings is 1. The molecule has 1 atom stereocenters. The van der Waals surface area contributed by atoms with Gasteiger partial charge in [-0.05, 0) is 13.3 Å². The fourth-order valence-corrected chi connectivity index (χ4v) is 2.21. The molecule has 1 saturated heterocycles. The largest absolute Gasteiger partial charge is 0.373 e. The third-order valence-corrected chi connectivity index (χ3v) is 3.29. The van der Waals surface area contributed by atoms with Crippen molar-refractivity contribution >= 4 is 0 Å². The lowest BCUT2D eigenvalue weighted by molar-refractivity contribution is -0.0589. The van der Waals surface area contributed by atoms with E-state index in [0.29, 0.717) is 0 Å². The second kappa shape index (κ2) is 7.24. The maximum absolute atomic E-state index is 5.83. The number of rotatable bonds is 7. The van der Waals surface area contributed by atoms with Gasteiger partial charge in [-0.15, -0.1) is 0 Å². The lowest BCUT2D eigenvalue weighted by atomic mass is 9.96. The van der Waals surface area contributed by atoms with Gasteiger partial charge in [-0.25, -0.2) is 0 Å². The highest BCUT2D eigenvalue weighted by molar-refractivity contribution is 4.81. The minimum Gasteiger partial charge on any atom is -0.373 e. The third-order valence-electron chi connectivity index (χ3n) is 3.29. The molecule has 1 fully saturated rings. The Bertz CT molecular complexity index is 153. The van der Waals surface area contributed by atoms with Crippen LogP contribution in [0.3, 0.4) is 0 Å². The summed E-state index contributed by atoms with van der Waals surface area (Å²) in [5.41, 5.74) is 0.114. The molecule has 0 bridgehead atoms. The summed E-state index contributed by atoms with van der Waals surface area (Å²) in [5, 5.41) is 3.41. The molecule has 0 amide bonds. The molecule has 0 saturated carbocycles. The second-order valence-corrected chi connectivity index (χ2v) is 4.99. The van der Waals surface area contributed by atoms with Gasteiger partial charge < -0.3 is 10.1 Å². The van der Waals surface area contributed by atoms with Crippen molar-refractivity contribution in [2.45, 2.75) is 64.4 Å². The van der Waals surface area contributed by atoms with Gasteiger partial charge in [-0.1, -0.05) is 45.4 Å². The van der Waals surface area contributed by atoms with Crippen LogP contribution in [0.15, 0.2) is 0 Å². The molecule has 0 aromatic heterocycles. The van der Waals surface area contributed by atoms with Gasteiger partial charge in [0.1, 0.15) is 0 Å². The van der Waals surface area contributed by atoms with Crippen molar-refractivity contribution in [3.8, 4) is 0 Å². The fraction of sp³-hybridized carbons (Fsp3) is 1.00. The average molecular weight is 213 g/mol. The first-order valence-electron chi connectivity index (χ1n) is 6.61. The first kappa shape index (κ1) is 13.0. The molecule has 2 heteroatoms. The van der Waals surface area contributed by atoms with Crippen LogP contribution in [0.4, 0.5) is 0 Å². The summed E-state index contributed by atoms with van der Waals surface area (Å²) in [6.07, 6.45) is 9.46. The second-order valence-electron chi connectivity index (χ2n) is 4.99. The van der Waals surface area contributed by atoms with Crippen molar-refractivity contribution < 1.29 is 4.74 Å². The smallest absolute Gasteiger partial charge is 0.0778 e. The number of unbranched alkanes of at least 4 members (excludes halogenated alkanes) is 5. The zero-order valence-electron chi connectivity index (χ0n) is 10.5. The van der Waals surface area contributed by atoms with Crippen LogP contribution in [0.5, 0.6) is 0 Å². The summed E-state index contributed by atoms with van der Waals surface area (Å²) in [6.45, 7) is 7.44. The van der Waals surface area contributed by atoms with Gasteiger partial charge >= 0.3 is 0 Å². The normalized spacial score (nSPS) is 26.8. The van der Waals surface area contributed by atoms with Gasteiger partial charge in [0.15, 0.2) is 0 Å². The van der Waals surface area contributed by atoms with Crippen molar-refractivity contribution in [3.05, 3.63) is 0 Å². The summed E-state index contributed by atoms with van der Waals surface area (Å²) < 4.78 is 5.83. The maximum atomic E-state index is 5.83. The van der Waals surface area contributed by atoms with Gasteiger partial charge in [-0.3, -0.25) is 0 Å². The molecule has 15 heavy (non-hydrogen) atoms. The lowest BCUT2D eigenvalue weighted by Crippen LogP contribution is -2.47. The molecule has 0 aromatic carbocycles. The number of ether oxygens (including phenoxy) is 1. The van der Waals surface area contributed by atoms with Crippen LogP contribution in [0.1, 0.15) is 58.8 Å². The van der Waals surface area contributed by atoms with E-state index in [1.807, 2.05) is 0 Å². The predicted octanol–water partition coefficient (Wildman–Crippen LogP) is 3.12. The van der Waals surface area contributed by atoms with E-state index in [-0.39, 0.29) is 5.60 Å². The molecule has 0 spiro atoms. The molecule has 0 aromatic rings. The minimum absolute atomic E-state index is 0.114. The summed E-state index contributed by atoms with van der Waals surface area (Å²) in [4.78, 5) is 0. The quantitative estimate of drug-likeness (QED) is 0.656. The first-order valence-corrected chi connectivity index (χ1v) is 6.61. The van der Waals surface area contributed by atoms with Crippen LogP contribution < -0.4 is 5.32 Å². The summed E-state index contributed by atoms with van der Waals surface area (Å²) in [6, 6.07) is 0. The van der Waals surface area contributed by atoms with E-state index < -0.39 is 0 Å². The Morgan fingerprint density at radius 1 is 1.13 bits per heavy atom. The van der Waals surface area contributed by atoms with Crippen molar-refractivity contribution in [2.24, 2.45) is 0 Å². The van der Waals surface area contributed by atoms with Crippen LogP contribution in [0.2, 0.25) is 0 Å². The third kappa shape index (κ3) is 5.53. The Balaban J connectivity index is 1.98. The zero-order valence-corrected chi connectivity index (χ0v) is 10.5. The molecule has 2 nitrogen and oxygen atoms in total. The molecular formula is C13H27NO. The molecule has 1 unspecified atom stereocenters. The molecule has 1 N–H and O–H groups in total. The van der Waals surface area contributed by atoms with Crippen molar-refractivity contribution in [1.29, 1.82) is 0 Å². The average Bonchev–Trinajstić information content (AvgIpc) is 2.24. The minimum atomic E-state index is 0.114. The van der Waals surface area contributed by atoms with Gasteiger partial charge in [0.2, 0.25) is 0 Å². The van der Waals surface area contributed by atoms with Gasteiger partial charge in [0.25, 0.3) is 0 Å². The number of hydrogen-bond acceptors (Lipinski definition) is 2. The highest BCUT2D eigenvalue weighted by Crippen LogP contribution is 2.21. The zero-order chi connectivity index (χ0) is 11.0. The van der Waals surface area contributed by atoms with Crippen LogP contribution in [-0.4, -0.2) is 25.3 Å². The van der Waals surface area contributed by atoms with Crippen molar-refractivity contribution in [2.75, 3.05) is 19.7 Å². The molecule has 1 heterocycles. The van der Waals surface area contributed by atoms with Crippen LogP contribution in [-0.2, 0) is 4.74 Å². The first-order chi connectivity index (χ1) is 7.27. The molecule has 0 aliphatic carbocycles. The maximum Gasteiger partial charge on any atom is 0.0778 e. The van der Waals surface area contributed by atoms with Gasteiger partial charge in [0.05, 0.1) is 12.2 Å². The summed E-state index contributed by atoms with van der Waals surface area (Å²) in [5.74, 6) is 0. The molecule has 1 aliphatic heterocycles. The van der Waals surface area contributed by atoms with Gasteiger partial charge in [-0.2, -0.15) is 0 Å². The predicted molar refractivity (Wildman–Crippen MR) is 65.2 cm³/mol. The van der Waals surface area contributed by atoms with E-state index in [9.17, 15) is 0 Å². The topological polar surface area (TPSA) is 21.3 Å². The molecular weight excluding hydrogens is 186 g/mol. The van der Waals surface area contributed by atoms with Crippen LogP contribution in [0, 0.1) is 0 Å². The Morgan fingerprint density at radius 2 is 1.87 bits per heavy atom.